The Morgan fingerprint density at radius 1 is 0.635 bits per heavy atom. The molecule has 0 atom stereocenters. The number of unbranched alkanes of at least 4 members (excludes halogenated alkanes) is 8. The predicted octanol–water partition coefficient (Wildman–Crippen LogP) is 11.5. The SMILES string of the molecule is CCCCCCCc1c2nc(c(-c3nccn3C)c3ccc([nH]3)c(CCCCCCC)c3nc(c(CC#C[Si](C)(C)C)c4ccc1[nH]4)C=C3)C=C2.[Zn]. The van der Waals surface area contributed by atoms with Crippen LogP contribution in [-0.2, 0) is 45.8 Å². The molecule has 0 fully saturated rings. The fourth-order valence-corrected chi connectivity index (χ4v) is 7.76. The number of fused-ring (bicyclic) bond motifs is 8. The van der Waals surface area contributed by atoms with E-state index in [1.807, 2.05) is 12.4 Å². The molecule has 0 saturated carbocycles. The fourth-order valence-electron chi connectivity index (χ4n) is 7.14. The monoisotopic (exact) mass is 760 g/mol. The van der Waals surface area contributed by atoms with Crippen LogP contribution in [0.5, 0.6) is 0 Å². The Morgan fingerprint density at radius 3 is 1.65 bits per heavy atom. The summed E-state index contributed by atoms with van der Waals surface area (Å²) in [5.74, 6) is 4.47. The summed E-state index contributed by atoms with van der Waals surface area (Å²) in [6.07, 6.45) is 27.5. The third kappa shape index (κ3) is 9.60. The summed E-state index contributed by atoms with van der Waals surface area (Å²) in [6, 6.07) is 8.90. The Kier molecular flexibility index (Phi) is 13.9. The van der Waals surface area contributed by atoms with Crippen molar-refractivity contribution in [1.82, 2.24) is 29.5 Å². The zero-order valence-electron chi connectivity index (χ0n) is 32.5. The van der Waals surface area contributed by atoms with Crippen molar-refractivity contribution in [1.29, 1.82) is 0 Å². The Balaban J connectivity index is 0.00000523. The first-order chi connectivity index (χ1) is 24.8. The quantitative estimate of drug-likeness (QED) is 0.0659. The molecular weight excluding hydrogens is 706 g/mol. The Bertz CT molecular complexity index is 2120. The summed E-state index contributed by atoms with van der Waals surface area (Å²) in [4.78, 5) is 23.3. The van der Waals surface area contributed by atoms with Gasteiger partial charge in [0.1, 0.15) is 13.9 Å². The predicted molar refractivity (Wildman–Crippen MR) is 221 cm³/mol. The van der Waals surface area contributed by atoms with Crippen LogP contribution in [-0.4, -0.2) is 37.6 Å². The van der Waals surface area contributed by atoms with Crippen molar-refractivity contribution < 1.29 is 19.5 Å². The van der Waals surface area contributed by atoms with Crippen molar-refractivity contribution in [2.45, 2.75) is 117 Å². The Morgan fingerprint density at radius 2 is 1.12 bits per heavy atom. The standard InChI is InChI=1S/C44H56N6Si.Zn/c1-7-9-11-13-15-18-32-35-21-23-37(46-35)34(20-17-31-51(4,5)6)38-24-22-36(47-38)33(19-16-14-12-10-8-2)40-26-28-42(49-40)43(41-27-25-39(32)48-41)44-45-29-30-50(44)3;/h21-30,46,49H,7-16,18-20H2,1-6H3;. The van der Waals surface area contributed by atoms with Gasteiger partial charge in [-0.1, -0.05) is 84.9 Å². The number of hydrogen-bond donors (Lipinski definition) is 2. The number of nitrogens with zero attached hydrogens (tertiary/aromatic N) is 4. The molecule has 0 aromatic carbocycles. The van der Waals surface area contributed by atoms with Crippen LogP contribution in [0.3, 0.4) is 0 Å². The second-order valence-corrected chi connectivity index (χ2v) is 20.0. The van der Waals surface area contributed by atoms with Crippen molar-refractivity contribution in [3.8, 4) is 22.9 Å². The van der Waals surface area contributed by atoms with Crippen molar-refractivity contribution in [2.75, 3.05) is 0 Å². The number of aromatic amines is 2. The van der Waals surface area contributed by atoms with Gasteiger partial charge in [0.2, 0.25) is 0 Å². The minimum Gasteiger partial charge on any atom is -0.355 e. The van der Waals surface area contributed by atoms with E-state index >= 15 is 0 Å². The van der Waals surface area contributed by atoms with Crippen molar-refractivity contribution in [2.24, 2.45) is 7.05 Å². The van der Waals surface area contributed by atoms with Gasteiger partial charge in [0.25, 0.3) is 0 Å². The van der Waals surface area contributed by atoms with Gasteiger partial charge in [-0.05, 0) is 74.3 Å². The number of hydrogen-bond acceptors (Lipinski definition) is 3. The van der Waals surface area contributed by atoms with Crippen molar-refractivity contribution >= 4 is 54.4 Å². The number of nitrogens with one attached hydrogen (secondary N) is 2. The van der Waals surface area contributed by atoms with Gasteiger partial charge in [-0.2, -0.15) is 0 Å². The van der Waals surface area contributed by atoms with Crippen LogP contribution in [0.1, 0.15) is 118 Å². The maximum atomic E-state index is 5.38. The van der Waals surface area contributed by atoms with E-state index in [0.717, 1.165) is 87.5 Å². The summed E-state index contributed by atoms with van der Waals surface area (Å²) in [6.45, 7) is 11.5. The number of H-pyrrole nitrogens is 2. The smallest absolute Gasteiger partial charge is 0.143 e. The summed E-state index contributed by atoms with van der Waals surface area (Å²) in [5, 5.41) is 0. The van der Waals surface area contributed by atoms with Crippen molar-refractivity contribution in [3.63, 3.8) is 0 Å². The van der Waals surface area contributed by atoms with Gasteiger partial charge in [-0.25, -0.2) is 15.0 Å². The maximum absolute atomic E-state index is 5.38. The van der Waals surface area contributed by atoms with Crippen molar-refractivity contribution in [3.05, 3.63) is 76.1 Å². The maximum Gasteiger partial charge on any atom is 0.143 e. The first-order valence-corrected chi connectivity index (χ1v) is 22.9. The molecule has 8 bridgehead atoms. The van der Waals surface area contributed by atoms with E-state index in [0.29, 0.717) is 6.42 Å². The average molecular weight is 762 g/mol. The molecule has 268 valence electrons. The number of imidazole rings is 1. The molecule has 2 aliphatic heterocycles. The van der Waals surface area contributed by atoms with E-state index in [9.17, 15) is 0 Å². The molecule has 4 aromatic rings. The first-order valence-electron chi connectivity index (χ1n) is 19.4. The topological polar surface area (TPSA) is 75.2 Å². The molecule has 2 N–H and O–H groups in total. The molecule has 4 aromatic heterocycles. The molecular formula is C44H56N6SiZn. The van der Waals surface area contributed by atoms with Gasteiger partial charge >= 0.3 is 0 Å². The first kappa shape index (κ1) is 39.4. The van der Waals surface area contributed by atoms with E-state index in [1.165, 1.54) is 62.5 Å². The van der Waals surface area contributed by atoms with Crippen LogP contribution in [0.25, 0.3) is 57.8 Å². The van der Waals surface area contributed by atoms with E-state index < -0.39 is 8.07 Å². The van der Waals surface area contributed by atoms with E-state index in [-0.39, 0.29) is 19.5 Å². The fraction of sp³-hybridized carbons (Fsp3) is 0.432. The van der Waals surface area contributed by atoms with E-state index in [1.54, 1.807) is 0 Å². The molecule has 0 radical (unpaired) electrons. The average Bonchev–Trinajstić information content (AvgIpc) is 3.95. The summed E-state index contributed by atoms with van der Waals surface area (Å²) < 4.78 is 2.09. The summed E-state index contributed by atoms with van der Waals surface area (Å²) in [7, 11) is 0.521. The zero-order chi connectivity index (χ0) is 35.8. The Hall–Kier alpha value is -3.79. The minimum absolute atomic E-state index is 0. The molecule has 6 nitrogen and oxygen atoms in total. The molecule has 2 aliphatic rings. The molecule has 0 spiro atoms. The second-order valence-electron chi connectivity index (χ2n) is 15.2. The van der Waals surface area contributed by atoms with Crippen LogP contribution in [0.4, 0.5) is 0 Å². The molecule has 8 heteroatoms. The van der Waals surface area contributed by atoms with Crippen LogP contribution in [0, 0.1) is 11.5 Å². The molecule has 0 amide bonds. The molecule has 52 heavy (non-hydrogen) atoms. The summed E-state index contributed by atoms with van der Waals surface area (Å²) >= 11 is 0. The normalized spacial score (nSPS) is 12.2. The van der Waals surface area contributed by atoms with Gasteiger partial charge in [0.15, 0.2) is 0 Å². The molecule has 6 heterocycles. The van der Waals surface area contributed by atoms with Crippen LogP contribution >= 0.6 is 0 Å². The van der Waals surface area contributed by atoms with E-state index in [4.69, 9.17) is 15.0 Å². The third-order valence-corrected chi connectivity index (χ3v) is 10.8. The van der Waals surface area contributed by atoms with Gasteiger partial charge in [-0.3, -0.25) is 0 Å². The van der Waals surface area contributed by atoms with Crippen LogP contribution in [0.2, 0.25) is 19.6 Å². The number of aryl methyl sites for hydroxylation is 3. The largest absolute Gasteiger partial charge is 0.355 e. The van der Waals surface area contributed by atoms with Crippen LogP contribution in [0.15, 0.2) is 36.7 Å². The molecule has 0 saturated heterocycles. The van der Waals surface area contributed by atoms with Gasteiger partial charge in [-0.15, -0.1) is 11.5 Å². The molecule has 0 aliphatic carbocycles. The van der Waals surface area contributed by atoms with Gasteiger partial charge < -0.3 is 14.5 Å². The second kappa shape index (κ2) is 18.3. The minimum atomic E-state index is -1.54. The number of aromatic nitrogens is 6. The van der Waals surface area contributed by atoms with Gasteiger partial charge in [0.05, 0.1) is 33.9 Å². The van der Waals surface area contributed by atoms with Gasteiger partial charge in [0, 0.05) is 78.6 Å². The summed E-state index contributed by atoms with van der Waals surface area (Å²) in [5.41, 5.74) is 16.6. The van der Waals surface area contributed by atoms with Crippen LogP contribution < -0.4 is 0 Å². The Labute approximate surface area is 324 Å². The zero-order valence-corrected chi connectivity index (χ0v) is 36.4. The molecule has 6 rings (SSSR count). The number of rotatable bonds is 14. The van der Waals surface area contributed by atoms with E-state index in [2.05, 4.69) is 115 Å². The third-order valence-electron chi connectivity index (χ3n) is 9.91. The molecule has 0 unspecified atom stereocenters.